The van der Waals surface area contributed by atoms with Gasteiger partial charge in [-0.15, -0.1) is 0 Å². The minimum absolute atomic E-state index is 0.00471. The van der Waals surface area contributed by atoms with E-state index in [1.165, 1.54) is 0 Å². The van der Waals surface area contributed by atoms with Crippen LogP contribution in [0.2, 0.25) is 0 Å². The second-order valence-electron chi connectivity index (χ2n) is 10.5. The number of ketones is 2. The second-order valence-corrected chi connectivity index (χ2v) is 11.0. The minimum atomic E-state index is -0.709. The summed E-state index contributed by atoms with van der Waals surface area (Å²) in [4.78, 5) is 47.0. The van der Waals surface area contributed by atoms with Gasteiger partial charge in [-0.25, -0.2) is 4.79 Å². The number of morpholine rings is 1. The van der Waals surface area contributed by atoms with Crippen LogP contribution in [0.3, 0.4) is 0 Å². The Bertz CT molecular complexity index is 1180. The lowest BCUT2D eigenvalue weighted by Crippen LogP contribution is -2.54. The molecule has 1 aromatic heterocycles. The summed E-state index contributed by atoms with van der Waals surface area (Å²) in [6, 6.07) is 5.55. The molecular weight excluding hydrogens is 514 g/mol. The van der Waals surface area contributed by atoms with Crippen LogP contribution in [0, 0.1) is 0 Å². The van der Waals surface area contributed by atoms with Crippen LogP contribution in [0.5, 0.6) is 0 Å². The third kappa shape index (κ3) is 7.80. The number of Topliss-reactive ketones (excluding diaryl/α,β-unsaturated/α-hetero) is 2. The molecule has 0 bridgehead atoms. The quantitative estimate of drug-likeness (QED) is 0.0753. The number of carbonyl (C=O) groups is 3. The number of aromatic nitrogens is 1. The summed E-state index contributed by atoms with van der Waals surface area (Å²) < 4.78 is 7.45. The van der Waals surface area contributed by atoms with Gasteiger partial charge < -0.3 is 14.1 Å². The van der Waals surface area contributed by atoms with Crippen molar-refractivity contribution < 1.29 is 24.0 Å². The predicted molar refractivity (Wildman–Crippen MR) is 158 cm³/mol. The van der Waals surface area contributed by atoms with Crippen LogP contribution in [0.15, 0.2) is 29.6 Å². The number of ether oxygens (including phenoxy) is 1. The zero-order chi connectivity index (χ0) is 28.4. The van der Waals surface area contributed by atoms with Gasteiger partial charge in [0.25, 0.3) is 0 Å². The maximum Gasteiger partial charge on any atom is 0.335 e. The molecule has 0 saturated carbocycles. The molecule has 1 aliphatic rings. The molecule has 9 heteroatoms. The summed E-state index contributed by atoms with van der Waals surface area (Å²) in [7, 11) is 0. The molecule has 0 spiro atoms. The Morgan fingerprint density at radius 3 is 2.46 bits per heavy atom. The first-order chi connectivity index (χ1) is 18.7. The number of unbranched alkanes of at least 4 members (excludes halogenated alkanes) is 3. The molecule has 1 fully saturated rings. The van der Waals surface area contributed by atoms with Gasteiger partial charge in [0.2, 0.25) is 5.78 Å². The number of hydrogen-bond acceptors (Lipinski definition) is 8. The van der Waals surface area contributed by atoms with Crippen molar-refractivity contribution in [2.24, 2.45) is 5.16 Å². The van der Waals surface area contributed by atoms with Crippen molar-refractivity contribution in [3.8, 4) is 0 Å². The van der Waals surface area contributed by atoms with Crippen molar-refractivity contribution in [3.05, 3.63) is 35.5 Å². The van der Waals surface area contributed by atoms with Crippen LogP contribution in [-0.2, 0) is 20.9 Å². The van der Waals surface area contributed by atoms with Gasteiger partial charge in [-0.3, -0.25) is 14.5 Å². The Kier molecular flexibility index (Phi) is 11.8. The van der Waals surface area contributed by atoms with Crippen LogP contribution in [0.1, 0.15) is 93.4 Å². The van der Waals surface area contributed by atoms with E-state index in [2.05, 4.69) is 29.6 Å². The van der Waals surface area contributed by atoms with Crippen molar-refractivity contribution in [2.45, 2.75) is 84.7 Å². The van der Waals surface area contributed by atoms with Crippen molar-refractivity contribution in [3.63, 3.8) is 0 Å². The molecule has 0 radical (unpaired) electrons. The number of aryl methyl sites for hydroxylation is 1. The third-order valence-corrected chi connectivity index (χ3v) is 7.73. The molecular formula is C30H43N3O5S. The number of benzene rings is 1. The van der Waals surface area contributed by atoms with Crippen molar-refractivity contribution in [1.82, 2.24) is 9.47 Å². The van der Waals surface area contributed by atoms with Crippen LogP contribution in [0.25, 0.3) is 10.9 Å². The van der Waals surface area contributed by atoms with Gasteiger partial charge in [-0.05, 0) is 64.0 Å². The molecule has 0 aliphatic carbocycles. The lowest BCUT2D eigenvalue weighted by molar-refractivity contribution is -0.143. The molecule has 8 nitrogen and oxygen atoms in total. The van der Waals surface area contributed by atoms with Gasteiger partial charge in [0.1, 0.15) is 5.71 Å². The number of carbonyl (C=O) groups excluding carboxylic acids is 3. The van der Waals surface area contributed by atoms with Crippen molar-refractivity contribution in [1.29, 1.82) is 0 Å². The average Bonchev–Trinajstić information content (AvgIpc) is 3.33. The number of hydrogen-bond donors (Lipinski definition) is 1. The van der Waals surface area contributed by atoms with E-state index in [0.29, 0.717) is 68.0 Å². The van der Waals surface area contributed by atoms with E-state index in [4.69, 9.17) is 9.57 Å². The Labute approximate surface area is 237 Å². The Morgan fingerprint density at radius 1 is 1.05 bits per heavy atom. The lowest BCUT2D eigenvalue weighted by Gasteiger charge is -2.39. The highest BCUT2D eigenvalue weighted by Gasteiger charge is 2.36. The van der Waals surface area contributed by atoms with Gasteiger partial charge in [0.05, 0.1) is 18.8 Å². The molecule has 2 heterocycles. The Balaban J connectivity index is 1.91. The molecule has 39 heavy (non-hydrogen) atoms. The Hall–Kier alpha value is -2.49. The molecule has 0 atom stereocenters. The topological polar surface area (TPSA) is 90.2 Å². The zero-order valence-corrected chi connectivity index (χ0v) is 24.7. The monoisotopic (exact) mass is 557 g/mol. The lowest BCUT2D eigenvalue weighted by atomic mass is 9.89. The number of rotatable bonds is 15. The SMILES string of the molecule is CCCCCCC(=O)O/N=C(\CCCS)C(=O)c1cn(CC)c2ccc(C(=O)C(C)(C)N3CCOCC3)cc12. The van der Waals surface area contributed by atoms with Gasteiger partial charge in [0.15, 0.2) is 5.78 Å². The maximum atomic E-state index is 13.8. The smallest absolute Gasteiger partial charge is 0.335 e. The van der Waals surface area contributed by atoms with Crippen LogP contribution in [0.4, 0.5) is 0 Å². The fraction of sp³-hybridized carbons (Fsp3) is 0.600. The normalized spacial score (nSPS) is 15.1. The van der Waals surface area contributed by atoms with E-state index in [1.807, 2.05) is 43.5 Å². The first-order valence-corrected chi connectivity index (χ1v) is 14.8. The van der Waals surface area contributed by atoms with E-state index in [9.17, 15) is 14.4 Å². The molecule has 3 rings (SSSR count). The average molecular weight is 558 g/mol. The summed E-state index contributed by atoms with van der Waals surface area (Å²) in [5.41, 5.74) is 1.34. The molecule has 1 aromatic carbocycles. The summed E-state index contributed by atoms with van der Waals surface area (Å²) in [5, 5.41) is 4.71. The third-order valence-electron chi connectivity index (χ3n) is 7.41. The molecule has 0 N–H and O–H groups in total. The van der Waals surface area contributed by atoms with Gasteiger partial charge in [-0.1, -0.05) is 31.3 Å². The largest absolute Gasteiger partial charge is 0.379 e. The molecule has 2 aromatic rings. The number of nitrogens with zero attached hydrogens (tertiary/aromatic N) is 3. The van der Waals surface area contributed by atoms with Crippen molar-refractivity contribution in [2.75, 3.05) is 32.1 Å². The van der Waals surface area contributed by atoms with E-state index in [0.717, 1.165) is 31.2 Å². The van der Waals surface area contributed by atoms with Crippen molar-refractivity contribution >= 4 is 46.8 Å². The number of thiol groups is 1. The van der Waals surface area contributed by atoms with E-state index in [-0.39, 0.29) is 23.7 Å². The summed E-state index contributed by atoms with van der Waals surface area (Å²) in [6.45, 7) is 11.2. The molecule has 214 valence electrons. The maximum absolute atomic E-state index is 13.8. The first-order valence-electron chi connectivity index (χ1n) is 14.2. The van der Waals surface area contributed by atoms with Gasteiger partial charge >= 0.3 is 5.97 Å². The summed E-state index contributed by atoms with van der Waals surface area (Å²) in [5.74, 6) is -0.167. The van der Waals surface area contributed by atoms with Crippen LogP contribution in [-0.4, -0.2) is 70.3 Å². The molecule has 0 amide bonds. The molecule has 1 saturated heterocycles. The minimum Gasteiger partial charge on any atom is -0.379 e. The zero-order valence-electron chi connectivity index (χ0n) is 23.8. The van der Waals surface area contributed by atoms with Crippen LogP contribution < -0.4 is 0 Å². The van der Waals surface area contributed by atoms with Crippen LogP contribution >= 0.6 is 12.6 Å². The van der Waals surface area contributed by atoms with Gasteiger partial charge in [0, 0.05) is 54.3 Å². The number of fused-ring (bicyclic) bond motifs is 1. The highest BCUT2D eigenvalue weighted by atomic mass is 32.1. The van der Waals surface area contributed by atoms with E-state index >= 15 is 0 Å². The summed E-state index contributed by atoms with van der Waals surface area (Å²) in [6.07, 6.45) is 6.88. The fourth-order valence-corrected chi connectivity index (χ4v) is 5.11. The standard InChI is InChI=1S/C30H43N3O5S/c1-5-7-8-9-12-27(34)38-31-25(11-10-19-39)28(35)24-21-32(6-2)26-14-13-22(20-23(24)26)29(36)30(3,4)33-15-17-37-18-16-33/h13-14,20-21,39H,5-12,15-19H2,1-4H3/b31-25+. The highest BCUT2D eigenvalue weighted by Crippen LogP contribution is 2.28. The van der Waals surface area contributed by atoms with E-state index < -0.39 is 11.5 Å². The molecule has 0 unspecified atom stereocenters. The van der Waals surface area contributed by atoms with Gasteiger partial charge in [-0.2, -0.15) is 12.6 Å². The Morgan fingerprint density at radius 2 is 1.79 bits per heavy atom. The second kappa shape index (κ2) is 14.8. The first kappa shape index (κ1) is 31.0. The molecule has 1 aliphatic heterocycles. The van der Waals surface area contributed by atoms with E-state index in [1.54, 1.807) is 6.20 Å². The predicted octanol–water partition coefficient (Wildman–Crippen LogP) is 5.72. The number of oxime groups is 1. The fourth-order valence-electron chi connectivity index (χ4n) is 4.95. The summed E-state index contributed by atoms with van der Waals surface area (Å²) >= 11 is 4.28. The highest BCUT2D eigenvalue weighted by molar-refractivity contribution is 7.80.